The van der Waals surface area contributed by atoms with E-state index in [-0.39, 0.29) is 18.1 Å². The molecule has 1 aromatic heterocycles. The molecule has 0 aliphatic heterocycles. The molecule has 0 aliphatic carbocycles. The Kier molecular flexibility index (Phi) is 7.04. The Bertz CT molecular complexity index is 1080. The number of rotatable bonds is 7. The largest absolute Gasteiger partial charge is 0.482 e. The van der Waals surface area contributed by atoms with Crippen LogP contribution in [-0.4, -0.2) is 22.5 Å². The van der Waals surface area contributed by atoms with Gasteiger partial charge in [-0.05, 0) is 42.8 Å². The van der Waals surface area contributed by atoms with Crippen molar-refractivity contribution in [2.45, 2.75) is 6.92 Å². The fourth-order valence-electron chi connectivity index (χ4n) is 2.37. The first kappa shape index (κ1) is 21.8. The number of carbonyl (C=O) groups is 1. The van der Waals surface area contributed by atoms with E-state index in [1.165, 1.54) is 12.4 Å². The van der Waals surface area contributed by atoms with Crippen molar-refractivity contribution >= 4 is 63.7 Å². The molecule has 1 amide bonds. The second-order valence-electron chi connectivity index (χ2n) is 6.06. The van der Waals surface area contributed by atoms with Crippen LogP contribution in [0.15, 0.2) is 42.7 Å². The Hall–Kier alpha value is -2.94. The Balaban J connectivity index is 1.61. The van der Waals surface area contributed by atoms with Crippen molar-refractivity contribution < 1.29 is 9.53 Å². The van der Waals surface area contributed by atoms with Crippen molar-refractivity contribution in [1.29, 1.82) is 0 Å². The molecule has 0 aliphatic rings. The van der Waals surface area contributed by atoms with Gasteiger partial charge in [0, 0.05) is 15.7 Å². The SMILES string of the molecule is Cc1c(Cl)cccc1Nc1ncnc(NNC(=O)COc2ccc(Cl)cc2Cl)c1N. The number of nitrogens with zero attached hydrogens (tertiary/aromatic N) is 2. The van der Waals surface area contributed by atoms with Gasteiger partial charge in [0.05, 0.1) is 5.02 Å². The average molecular weight is 468 g/mol. The monoisotopic (exact) mass is 466 g/mol. The molecule has 8 nitrogen and oxygen atoms in total. The lowest BCUT2D eigenvalue weighted by molar-refractivity contribution is -0.122. The van der Waals surface area contributed by atoms with Gasteiger partial charge in [-0.2, -0.15) is 0 Å². The van der Waals surface area contributed by atoms with Crippen LogP contribution in [0.4, 0.5) is 23.0 Å². The summed E-state index contributed by atoms with van der Waals surface area (Å²) in [6.45, 7) is 1.58. The number of halogens is 3. The summed E-state index contributed by atoms with van der Waals surface area (Å²) >= 11 is 18.0. The van der Waals surface area contributed by atoms with E-state index in [0.29, 0.717) is 26.6 Å². The quantitative estimate of drug-likeness (QED) is 0.376. The van der Waals surface area contributed by atoms with E-state index in [4.69, 9.17) is 45.3 Å². The zero-order chi connectivity index (χ0) is 21.7. The van der Waals surface area contributed by atoms with Crippen LogP contribution in [0.1, 0.15) is 5.56 Å². The van der Waals surface area contributed by atoms with Crippen LogP contribution in [0, 0.1) is 6.92 Å². The second kappa shape index (κ2) is 9.71. The summed E-state index contributed by atoms with van der Waals surface area (Å²) in [5.41, 5.74) is 13.0. The van der Waals surface area contributed by atoms with Crippen LogP contribution in [0.3, 0.4) is 0 Å². The number of hydrazine groups is 1. The Morgan fingerprint density at radius 2 is 1.87 bits per heavy atom. The van der Waals surface area contributed by atoms with E-state index >= 15 is 0 Å². The first-order valence-corrected chi connectivity index (χ1v) is 9.74. The van der Waals surface area contributed by atoms with Crippen molar-refractivity contribution in [3.63, 3.8) is 0 Å². The number of nitrogens with two attached hydrogens (primary N) is 1. The van der Waals surface area contributed by atoms with Gasteiger partial charge in [-0.1, -0.05) is 40.9 Å². The number of nitrogens with one attached hydrogen (secondary N) is 3. The van der Waals surface area contributed by atoms with Crippen LogP contribution in [0.25, 0.3) is 0 Å². The molecule has 11 heteroatoms. The van der Waals surface area contributed by atoms with E-state index < -0.39 is 5.91 Å². The van der Waals surface area contributed by atoms with Crippen molar-refractivity contribution in [2.24, 2.45) is 0 Å². The van der Waals surface area contributed by atoms with Gasteiger partial charge in [-0.25, -0.2) is 9.97 Å². The number of carbonyl (C=O) groups excluding carboxylic acids is 1. The number of anilines is 4. The molecule has 0 spiro atoms. The first-order chi connectivity index (χ1) is 14.3. The summed E-state index contributed by atoms with van der Waals surface area (Å²) in [6, 6.07) is 10.1. The first-order valence-electron chi connectivity index (χ1n) is 8.60. The maximum atomic E-state index is 12.1. The van der Waals surface area contributed by atoms with Gasteiger partial charge >= 0.3 is 0 Å². The maximum absolute atomic E-state index is 12.1. The third-order valence-electron chi connectivity index (χ3n) is 3.98. The number of ether oxygens (including phenoxy) is 1. The molecule has 5 N–H and O–H groups in total. The minimum atomic E-state index is -0.473. The second-order valence-corrected chi connectivity index (χ2v) is 7.31. The summed E-state index contributed by atoms with van der Waals surface area (Å²) in [4.78, 5) is 20.2. The van der Waals surface area contributed by atoms with E-state index in [2.05, 4.69) is 26.1 Å². The molecule has 156 valence electrons. The number of hydrogen-bond donors (Lipinski definition) is 4. The van der Waals surface area contributed by atoms with E-state index in [0.717, 1.165) is 11.3 Å². The van der Waals surface area contributed by atoms with Crippen LogP contribution in [0.5, 0.6) is 5.75 Å². The maximum Gasteiger partial charge on any atom is 0.276 e. The molecule has 3 rings (SSSR count). The van der Waals surface area contributed by atoms with Crippen LogP contribution in [-0.2, 0) is 4.79 Å². The molecule has 0 saturated carbocycles. The van der Waals surface area contributed by atoms with Gasteiger partial charge in [-0.3, -0.25) is 15.6 Å². The number of aromatic nitrogens is 2. The highest BCUT2D eigenvalue weighted by molar-refractivity contribution is 6.35. The average Bonchev–Trinajstić information content (AvgIpc) is 2.71. The molecule has 0 saturated heterocycles. The van der Waals surface area contributed by atoms with Gasteiger partial charge in [-0.15, -0.1) is 0 Å². The molecule has 0 fully saturated rings. The highest BCUT2D eigenvalue weighted by Crippen LogP contribution is 2.30. The predicted molar refractivity (Wildman–Crippen MR) is 120 cm³/mol. The third kappa shape index (κ3) is 5.35. The molecule has 3 aromatic rings. The predicted octanol–water partition coefficient (Wildman–Crippen LogP) is 4.59. The lowest BCUT2D eigenvalue weighted by Crippen LogP contribution is -2.34. The van der Waals surface area contributed by atoms with Crippen molar-refractivity contribution in [3.8, 4) is 5.75 Å². The van der Waals surface area contributed by atoms with Gasteiger partial charge < -0.3 is 15.8 Å². The number of benzene rings is 2. The van der Waals surface area contributed by atoms with Crippen LogP contribution >= 0.6 is 34.8 Å². The normalized spacial score (nSPS) is 10.4. The number of nitrogen functional groups attached to an aromatic ring is 1. The zero-order valence-corrected chi connectivity index (χ0v) is 17.9. The molecule has 0 atom stereocenters. The summed E-state index contributed by atoms with van der Waals surface area (Å²) in [6.07, 6.45) is 1.30. The Labute approximate surface area is 187 Å². The molecule has 30 heavy (non-hydrogen) atoms. The summed E-state index contributed by atoms with van der Waals surface area (Å²) in [5.74, 6) is 0.432. The molecule has 0 bridgehead atoms. The van der Waals surface area contributed by atoms with Gasteiger partial charge in [0.15, 0.2) is 18.2 Å². The minimum absolute atomic E-state index is 0.207. The van der Waals surface area contributed by atoms with E-state index in [9.17, 15) is 4.79 Å². The lowest BCUT2D eigenvalue weighted by atomic mass is 10.2. The van der Waals surface area contributed by atoms with Gasteiger partial charge in [0.25, 0.3) is 5.91 Å². The molecule has 1 heterocycles. The fourth-order valence-corrected chi connectivity index (χ4v) is 3.00. The van der Waals surface area contributed by atoms with E-state index in [1.807, 2.05) is 13.0 Å². The third-order valence-corrected chi connectivity index (χ3v) is 4.92. The lowest BCUT2D eigenvalue weighted by Gasteiger charge is -2.15. The van der Waals surface area contributed by atoms with E-state index in [1.54, 1.807) is 24.3 Å². The Morgan fingerprint density at radius 3 is 2.63 bits per heavy atom. The van der Waals surface area contributed by atoms with Crippen LogP contribution in [0.2, 0.25) is 15.1 Å². The number of hydrogen-bond acceptors (Lipinski definition) is 7. The molecular weight excluding hydrogens is 451 g/mol. The molecule has 0 unspecified atom stereocenters. The molecular formula is C19H17Cl3N6O2. The summed E-state index contributed by atoms with van der Waals surface area (Å²) < 4.78 is 5.37. The highest BCUT2D eigenvalue weighted by atomic mass is 35.5. The standard InChI is InChI=1S/C19H17Cl3N6O2/c1-10-12(21)3-2-4-14(10)26-18-17(23)19(25-9-24-18)28-27-16(29)8-30-15-6-5-11(20)7-13(15)22/h2-7,9H,8,23H2,1H3,(H,27,29)(H2,24,25,26,28). The summed E-state index contributed by atoms with van der Waals surface area (Å²) in [7, 11) is 0. The smallest absolute Gasteiger partial charge is 0.276 e. The molecule has 2 aromatic carbocycles. The molecule has 0 radical (unpaired) electrons. The van der Waals surface area contributed by atoms with Crippen molar-refractivity contribution in [3.05, 3.63) is 63.4 Å². The van der Waals surface area contributed by atoms with Crippen molar-refractivity contribution in [1.82, 2.24) is 15.4 Å². The highest BCUT2D eigenvalue weighted by Gasteiger charge is 2.12. The van der Waals surface area contributed by atoms with Crippen LogP contribution < -0.4 is 26.6 Å². The minimum Gasteiger partial charge on any atom is -0.482 e. The fraction of sp³-hybridized carbons (Fsp3) is 0.105. The van der Waals surface area contributed by atoms with Crippen molar-refractivity contribution in [2.75, 3.05) is 23.1 Å². The number of amides is 1. The van der Waals surface area contributed by atoms with Gasteiger partial charge in [0.1, 0.15) is 17.8 Å². The zero-order valence-electron chi connectivity index (χ0n) is 15.7. The topological polar surface area (TPSA) is 114 Å². The Morgan fingerprint density at radius 1 is 1.10 bits per heavy atom. The summed E-state index contributed by atoms with van der Waals surface area (Å²) in [5, 5.41) is 4.48. The van der Waals surface area contributed by atoms with Gasteiger partial charge in [0.2, 0.25) is 0 Å².